The van der Waals surface area contributed by atoms with Crippen LogP contribution < -0.4 is 5.32 Å². The molecular formula is C16H24Cl2F4N2. The molecule has 1 heterocycles. The number of rotatable bonds is 4. The Hall–Kier alpha value is -0.560. The molecule has 1 aromatic carbocycles. The van der Waals surface area contributed by atoms with Crippen molar-refractivity contribution in [2.24, 2.45) is 5.92 Å². The number of nitrogens with one attached hydrogen (secondary N) is 1. The van der Waals surface area contributed by atoms with Crippen molar-refractivity contribution in [1.29, 1.82) is 0 Å². The molecule has 1 atom stereocenters. The van der Waals surface area contributed by atoms with E-state index in [1.165, 1.54) is 0 Å². The molecule has 0 radical (unpaired) electrons. The predicted molar refractivity (Wildman–Crippen MR) is 92.5 cm³/mol. The van der Waals surface area contributed by atoms with Gasteiger partial charge < -0.3 is 5.32 Å². The third-order valence-corrected chi connectivity index (χ3v) is 3.97. The third-order valence-electron chi connectivity index (χ3n) is 3.97. The van der Waals surface area contributed by atoms with E-state index in [2.05, 4.69) is 5.32 Å². The monoisotopic (exact) mass is 390 g/mol. The Morgan fingerprint density at radius 1 is 1.12 bits per heavy atom. The summed E-state index contributed by atoms with van der Waals surface area (Å²) in [5, 5.41) is 3.19. The van der Waals surface area contributed by atoms with E-state index in [0.717, 1.165) is 31.3 Å². The predicted octanol–water partition coefficient (Wildman–Crippen LogP) is 4.68. The van der Waals surface area contributed by atoms with Gasteiger partial charge >= 0.3 is 6.18 Å². The second-order valence-electron chi connectivity index (χ2n) is 6.16. The molecule has 0 saturated carbocycles. The van der Waals surface area contributed by atoms with Crippen molar-refractivity contribution in [2.75, 3.05) is 26.2 Å². The van der Waals surface area contributed by atoms with E-state index in [1.54, 1.807) is 0 Å². The summed E-state index contributed by atoms with van der Waals surface area (Å²) in [5.74, 6) is -0.392. The summed E-state index contributed by atoms with van der Waals surface area (Å²) in [7, 11) is 0. The second-order valence-corrected chi connectivity index (χ2v) is 6.16. The van der Waals surface area contributed by atoms with Gasteiger partial charge in [0.25, 0.3) is 0 Å². The Balaban J connectivity index is 0.00000264. The number of nitrogens with zero attached hydrogens (tertiary/aromatic N) is 1. The van der Waals surface area contributed by atoms with Crippen LogP contribution in [-0.2, 0) is 6.18 Å². The van der Waals surface area contributed by atoms with Gasteiger partial charge in [-0.15, -0.1) is 24.8 Å². The molecule has 1 aliphatic heterocycles. The van der Waals surface area contributed by atoms with Crippen molar-refractivity contribution < 1.29 is 17.6 Å². The highest BCUT2D eigenvalue weighted by Gasteiger charge is 2.37. The standard InChI is InChI=1S/C16H22F4N2.2ClH/c1-11(2)9-15(22-7-5-21-6-8-22)13-10-12(17)3-4-14(13)16(18,19)20;;/h3-4,10-11,15,21H,5-9H2,1-2H3;2*1H/t15-;;/m1../s1. The van der Waals surface area contributed by atoms with Crippen molar-refractivity contribution >= 4 is 24.8 Å². The van der Waals surface area contributed by atoms with E-state index in [9.17, 15) is 17.6 Å². The molecule has 1 aromatic rings. The van der Waals surface area contributed by atoms with E-state index >= 15 is 0 Å². The molecule has 0 aliphatic carbocycles. The zero-order valence-corrected chi connectivity index (χ0v) is 15.3. The Kier molecular flexibility index (Phi) is 9.57. The number of hydrogen-bond acceptors (Lipinski definition) is 2. The van der Waals surface area contributed by atoms with Crippen LogP contribution in [0.1, 0.15) is 37.4 Å². The minimum Gasteiger partial charge on any atom is -0.314 e. The van der Waals surface area contributed by atoms with Crippen molar-refractivity contribution in [1.82, 2.24) is 10.2 Å². The van der Waals surface area contributed by atoms with Crippen LogP contribution in [0, 0.1) is 11.7 Å². The highest BCUT2D eigenvalue weighted by Crippen LogP contribution is 2.39. The fraction of sp³-hybridized carbons (Fsp3) is 0.625. The molecule has 0 amide bonds. The minimum atomic E-state index is -4.47. The molecule has 0 bridgehead atoms. The van der Waals surface area contributed by atoms with Crippen LogP contribution in [-0.4, -0.2) is 31.1 Å². The number of benzene rings is 1. The third kappa shape index (κ3) is 6.06. The molecular weight excluding hydrogens is 367 g/mol. The zero-order chi connectivity index (χ0) is 16.3. The van der Waals surface area contributed by atoms with Crippen LogP contribution in [0.4, 0.5) is 17.6 Å². The Bertz CT molecular complexity index is 503. The number of halogens is 6. The van der Waals surface area contributed by atoms with E-state index < -0.39 is 23.6 Å². The maximum Gasteiger partial charge on any atom is 0.416 e. The molecule has 1 fully saturated rings. The number of alkyl halides is 3. The van der Waals surface area contributed by atoms with Gasteiger partial charge in [-0.3, -0.25) is 4.90 Å². The summed E-state index contributed by atoms with van der Waals surface area (Å²) in [4.78, 5) is 2.03. The molecule has 0 unspecified atom stereocenters. The molecule has 0 spiro atoms. The van der Waals surface area contributed by atoms with Crippen molar-refractivity contribution in [3.8, 4) is 0 Å². The molecule has 1 saturated heterocycles. The average Bonchev–Trinajstić information content (AvgIpc) is 2.44. The Morgan fingerprint density at radius 2 is 1.71 bits per heavy atom. The summed E-state index contributed by atoms with van der Waals surface area (Å²) in [5.41, 5.74) is -0.666. The van der Waals surface area contributed by atoms with Crippen LogP contribution in [0.2, 0.25) is 0 Å². The first-order valence-electron chi connectivity index (χ1n) is 7.60. The Labute approximate surface area is 152 Å². The fourth-order valence-electron chi connectivity index (χ4n) is 2.98. The molecule has 140 valence electrons. The first-order valence-corrected chi connectivity index (χ1v) is 7.60. The van der Waals surface area contributed by atoms with Crippen LogP contribution >= 0.6 is 24.8 Å². The van der Waals surface area contributed by atoms with Gasteiger partial charge in [-0.05, 0) is 36.1 Å². The zero-order valence-electron chi connectivity index (χ0n) is 13.7. The quantitative estimate of drug-likeness (QED) is 0.750. The molecule has 1 aliphatic rings. The molecule has 24 heavy (non-hydrogen) atoms. The minimum absolute atomic E-state index is 0. The second kappa shape index (κ2) is 9.80. The average molecular weight is 391 g/mol. The van der Waals surface area contributed by atoms with Gasteiger partial charge in [0.2, 0.25) is 0 Å². The van der Waals surface area contributed by atoms with Crippen LogP contribution in [0.5, 0.6) is 0 Å². The maximum absolute atomic E-state index is 13.6. The summed E-state index contributed by atoms with van der Waals surface area (Å²) in [6.45, 7) is 6.77. The summed E-state index contributed by atoms with van der Waals surface area (Å²) in [6, 6.07) is 2.39. The van der Waals surface area contributed by atoms with Crippen molar-refractivity contribution in [2.45, 2.75) is 32.5 Å². The van der Waals surface area contributed by atoms with Gasteiger partial charge in [0.15, 0.2) is 0 Å². The lowest BCUT2D eigenvalue weighted by Crippen LogP contribution is -2.45. The van der Waals surface area contributed by atoms with Gasteiger partial charge in [0.1, 0.15) is 5.82 Å². The molecule has 1 N–H and O–H groups in total. The highest BCUT2D eigenvalue weighted by atomic mass is 35.5. The summed E-state index contributed by atoms with van der Waals surface area (Å²) >= 11 is 0. The SMILES string of the molecule is CC(C)C[C@H](c1cc(F)ccc1C(F)(F)F)N1CCNCC1.Cl.Cl. The summed E-state index contributed by atoms with van der Waals surface area (Å²) < 4.78 is 53.5. The van der Waals surface area contributed by atoms with Gasteiger partial charge in [-0.2, -0.15) is 13.2 Å². The van der Waals surface area contributed by atoms with Crippen molar-refractivity contribution in [3.63, 3.8) is 0 Å². The van der Waals surface area contributed by atoms with Gasteiger partial charge in [0, 0.05) is 32.2 Å². The fourth-order valence-corrected chi connectivity index (χ4v) is 2.98. The normalized spacial score (nSPS) is 17.1. The van der Waals surface area contributed by atoms with Gasteiger partial charge in [-0.1, -0.05) is 13.8 Å². The maximum atomic E-state index is 13.6. The molecule has 0 aromatic heterocycles. The topological polar surface area (TPSA) is 15.3 Å². The number of piperazine rings is 1. The van der Waals surface area contributed by atoms with Crippen LogP contribution in [0.3, 0.4) is 0 Å². The van der Waals surface area contributed by atoms with E-state index in [1.807, 2.05) is 18.7 Å². The van der Waals surface area contributed by atoms with E-state index in [-0.39, 0.29) is 36.3 Å². The van der Waals surface area contributed by atoms with Gasteiger partial charge in [-0.25, -0.2) is 4.39 Å². The van der Waals surface area contributed by atoms with E-state index in [4.69, 9.17) is 0 Å². The van der Waals surface area contributed by atoms with Crippen LogP contribution in [0.15, 0.2) is 18.2 Å². The first-order chi connectivity index (χ1) is 10.3. The van der Waals surface area contributed by atoms with Gasteiger partial charge in [0.05, 0.1) is 5.56 Å². The largest absolute Gasteiger partial charge is 0.416 e. The lowest BCUT2D eigenvalue weighted by molar-refractivity contribution is -0.139. The van der Waals surface area contributed by atoms with Crippen LogP contribution in [0.25, 0.3) is 0 Å². The number of hydrogen-bond donors (Lipinski definition) is 1. The Morgan fingerprint density at radius 3 is 2.21 bits per heavy atom. The lowest BCUT2D eigenvalue weighted by atomic mass is 9.91. The molecule has 2 nitrogen and oxygen atoms in total. The lowest BCUT2D eigenvalue weighted by Gasteiger charge is -2.37. The first kappa shape index (κ1) is 23.4. The smallest absolute Gasteiger partial charge is 0.314 e. The van der Waals surface area contributed by atoms with Crippen molar-refractivity contribution in [3.05, 3.63) is 35.1 Å². The highest BCUT2D eigenvalue weighted by molar-refractivity contribution is 5.85. The van der Waals surface area contributed by atoms with E-state index in [0.29, 0.717) is 19.5 Å². The summed E-state index contributed by atoms with van der Waals surface area (Å²) in [6.07, 6.45) is -3.89. The molecule has 2 rings (SSSR count). The molecule has 8 heteroatoms.